The highest BCUT2D eigenvalue weighted by atomic mass is 16.6. The quantitative estimate of drug-likeness (QED) is 0.586. The molecule has 0 fully saturated rings. The van der Waals surface area contributed by atoms with Crippen LogP contribution in [-0.4, -0.2) is 30.4 Å². The summed E-state index contributed by atoms with van der Waals surface area (Å²) in [5.41, 5.74) is 0. The number of benzene rings is 1. The maximum atomic E-state index is 11.6. The Hall–Kier alpha value is -1.39. The summed E-state index contributed by atoms with van der Waals surface area (Å²) >= 11 is 0. The molecule has 88 valence electrons. The molecular formula is C12H16O4. The minimum Gasteiger partial charge on any atom is -0.425 e. The van der Waals surface area contributed by atoms with E-state index in [0.717, 1.165) is 0 Å². The van der Waals surface area contributed by atoms with Crippen LogP contribution >= 0.6 is 0 Å². The lowest BCUT2D eigenvalue weighted by Gasteiger charge is -2.14. The zero-order valence-corrected chi connectivity index (χ0v) is 9.26. The number of carbonyl (C=O) groups is 1. The Labute approximate surface area is 94.8 Å². The number of hydrogen-bond acceptors (Lipinski definition) is 4. The number of esters is 1. The second-order valence-electron chi connectivity index (χ2n) is 3.23. The lowest BCUT2D eigenvalue weighted by molar-refractivity contribution is -0.148. The standard InChI is InChI=1S/C12H16O4/c1-2-11(15-9-8-13)12(14)16-10-6-4-3-5-7-10/h3-7,11,13H,2,8-9H2,1H3. The van der Waals surface area contributed by atoms with Crippen LogP contribution in [0.15, 0.2) is 30.3 Å². The van der Waals surface area contributed by atoms with Crippen LogP contribution in [0.2, 0.25) is 0 Å². The minimum atomic E-state index is -0.618. The number of aliphatic hydroxyl groups is 1. The molecule has 1 aromatic carbocycles. The predicted molar refractivity (Wildman–Crippen MR) is 59.2 cm³/mol. The van der Waals surface area contributed by atoms with E-state index in [-0.39, 0.29) is 13.2 Å². The van der Waals surface area contributed by atoms with Crippen LogP contribution in [0.4, 0.5) is 0 Å². The molecule has 0 heterocycles. The molecule has 16 heavy (non-hydrogen) atoms. The molecule has 0 radical (unpaired) electrons. The third kappa shape index (κ3) is 4.00. The van der Waals surface area contributed by atoms with Crippen molar-refractivity contribution in [1.29, 1.82) is 0 Å². The van der Waals surface area contributed by atoms with Crippen molar-refractivity contribution in [3.05, 3.63) is 30.3 Å². The first-order chi connectivity index (χ1) is 7.77. The van der Waals surface area contributed by atoms with Gasteiger partial charge in [0.2, 0.25) is 0 Å². The number of ether oxygens (including phenoxy) is 2. The first-order valence-electron chi connectivity index (χ1n) is 5.27. The summed E-state index contributed by atoms with van der Waals surface area (Å²) in [6.07, 6.45) is -0.0987. The molecule has 1 aromatic rings. The van der Waals surface area contributed by atoms with E-state index in [2.05, 4.69) is 0 Å². The Bertz CT molecular complexity index is 310. The average molecular weight is 224 g/mol. The molecule has 0 saturated heterocycles. The van der Waals surface area contributed by atoms with Gasteiger partial charge in [-0.3, -0.25) is 0 Å². The summed E-state index contributed by atoms with van der Waals surface area (Å²) < 4.78 is 10.3. The number of hydrogen-bond donors (Lipinski definition) is 1. The summed E-state index contributed by atoms with van der Waals surface area (Å²) in [4.78, 5) is 11.6. The van der Waals surface area contributed by atoms with Gasteiger partial charge in [0.15, 0.2) is 6.10 Å². The van der Waals surface area contributed by atoms with Gasteiger partial charge in [-0.15, -0.1) is 0 Å². The Balaban J connectivity index is 2.49. The van der Waals surface area contributed by atoms with Gasteiger partial charge in [-0.25, -0.2) is 4.79 Å². The fraction of sp³-hybridized carbons (Fsp3) is 0.417. The largest absolute Gasteiger partial charge is 0.425 e. The van der Waals surface area contributed by atoms with Gasteiger partial charge in [0, 0.05) is 0 Å². The molecule has 0 saturated carbocycles. The highest BCUT2D eigenvalue weighted by Crippen LogP contribution is 2.11. The SMILES string of the molecule is CCC(OCCO)C(=O)Oc1ccccc1. The van der Waals surface area contributed by atoms with E-state index in [9.17, 15) is 4.79 Å². The highest BCUT2D eigenvalue weighted by Gasteiger charge is 2.18. The van der Waals surface area contributed by atoms with E-state index >= 15 is 0 Å². The third-order valence-electron chi connectivity index (χ3n) is 2.01. The fourth-order valence-electron chi connectivity index (χ4n) is 1.22. The van der Waals surface area contributed by atoms with Gasteiger partial charge >= 0.3 is 5.97 Å². The zero-order valence-electron chi connectivity index (χ0n) is 9.26. The van der Waals surface area contributed by atoms with E-state index in [1.165, 1.54) is 0 Å². The maximum absolute atomic E-state index is 11.6. The van der Waals surface area contributed by atoms with Crippen LogP contribution < -0.4 is 4.74 Å². The predicted octanol–water partition coefficient (Wildman–Crippen LogP) is 1.38. The van der Waals surface area contributed by atoms with Crippen molar-refractivity contribution < 1.29 is 19.4 Å². The van der Waals surface area contributed by atoms with Crippen molar-refractivity contribution in [3.8, 4) is 5.75 Å². The van der Waals surface area contributed by atoms with Crippen molar-refractivity contribution >= 4 is 5.97 Å². The maximum Gasteiger partial charge on any atom is 0.340 e. The van der Waals surface area contributed by atoms with E-state index in [1.807, 2.05) is 13.0 Å². The Kier molecular flexibility index (Phi) is 5.53. The molecule has 0 bridgehead atoms. The first kappa shape index (κ1) is 12.7. The van der Waals surface area contributed by atoms with Crippen LogP contribution in [0, 0.1) is 0 Å². The van der Waals surface area contributed by atoms with Crippen LogP contribution in [0.5, 0.6) is 5.75 Å². The number of aliphatic hydroxyl groups excluding tert-OH is 1. The fourth-order valence-corrected chi connectivity index (χ4v) is 1.22. The molecule has 0 aliphatic carbocycles. The second kappa shape index (κ2) is 6.98. The zero-order chi connectivity index (χ0) is 11.8. The van der Waals surface area contributed by atoms with Crippen LogP contribution in [0.3, 0.4) is 0 Å². The Morgan fingerprint density at radius 1 is 1.38 bits per heavy atom. The van der Waals surface area contributed by atoms with Crippen molar-refractivity contribution in [2.24, 2.45) is 0 Å². The van der Waals surface area contributed by atoms with Gasteiger partial charge in [0.05, 0.1) is 13.2 Å². The minimum absolute atomic E-state index is 0.102. The van der Waals surface area contributed by atoms with Crippen molar-refractivity contribution in [1.82, 2.24) is 0 Å². The Morgan fingerprint density at radius 3 is 2.62 bits per heavy atom. The summed E-state index contributed by atoms with van der Waals surface area (Å²) in [5, 5.41) is 8.61. The van der Waals surface area contributed by atoms with Crippen molar-refractivity contribution in [2.45, 2.75) is 19.4 Å². The van der Waals surface area contributed by atoms with Gasteiger partial charge < -0.3 is 14.6 Å². The number of carbonyl (C=O) groups excluding carboxylic acids is 1. The summed E-state index contributed by atoms with van der Waals surface area (Å²) in [5.74, 6) is 0.0701. The lowest BCUT2D eigenvalue weighted by Crippen LogP contribution is -2.29. The molecule has 0 amide bonds. The van der Waals surface area contributed by atoms with E-state index in [4.69, 9.17) is 14.6 Å². The van der Waals surface area contributed by atoms with Gasteiger partial charge in [0.1, 0.15) is 5.75 Å². The molecule has 1 N–H and O–H groups in total. The highest BCUT2D eigenvalue weighted by molar-refractivity contribution is 5.77. The molecule has 1 atom stereocenters. The normalized spacial score (nSPS) is 12.1. The molecule has 0 spiro atoms. The molecule has 0 aliphatic heterocycles. The molecule has 0 aliphatic rings. The first-order valence-corrected chi connectivity index (χ1v) is 5.27. The Morgan fingerprint density at radius 2 is 2.06 bits per heavy atom. The van der Waals surface area contributed by atoms with Gasteiger partial charge in [-0.1, -0.05) is 25.1 Å². The number of para-hydroxylation sites is 1. The summed E-state index contributed by atoms with van der Waals surface area (Å²) in [6.45, 7) is 1.87. The average Bonchev–Trinajstić information content (AvgIpc) is 2.31. The van der Waals surface area contributed by atoms with Crippen LogP contribution in [-0.2, 0) is 9.53 Å². The van der Waals surface area contributed by atoms with Gasteiger partial charge in [-0.05, 0) is 18.6 Å². The van der Waals surface area contributed by atoms with Gasteiger partial charge in [0.25, 0.3) is 0 Å². The smallest absolute Gasteiger partial charge is 0.340 e. The molecule has 1 unspecified atom stereocenters. The molecule has 4 heteroatoms. The van der Waals surface area contributed by atoms with Crippen LogP contribution in [0.1, 0.15) is 13.3 Å². The topological polar surface area (TPSA) is 55.8 Å². The second-order valence-corrected chi connectivity index (χ2v) is 3.23. The molecular weight excluding hydrogens is 208 g/mol. The van der Waals surface area contributed by atoms with E-state index in [1.54, 1.807) is 24.3 Å². The van der Waals surface area contributed by atoms with Crippen molar-refractivity contribution in [3.63, 3.8) is 0 Å². The molecule has 0 aromatic heterocycles. The molecule has 4 nitrogen and oxygen atoms in total. The lowest BCUT2D eigenvalue weighted by atomic mass is 10.3. The van der Waals surface area contributed by atoms with E-state index in [0.29, 0.717) is 12.2 Å². The van der Waals surface area contributed by atoms with Gasteiger partial charge in [-0.2, -0.15) is 0 Å². The van der Waals surface area contributed by atoms with Crippen molar-refractivity contribution in [2.75, 3.05) is 13.2 Å². The van der Waals surface area contributed by atoms with E-state index < -0.39 is 12.1 Å². The summed E-state index contributed by atoms with van der Waals surface area (Å²) in [6, 6.07) is 8.83. The van der Waals surface area contributed by atoms with Crippen LogP contribution in [0.25, 0.3) is 0 Å². The third-order valence-corrected chi connectivity index (χ3v) is 2.01. The number of rotatable bonds is 6. The summed E-state index contributed by atoms with van der Waals surface area (Å²) in [7, 11) is 0. The monoisotopic (exact) mass is 224 g/mol. The molecule has 1 rings (SSSR count).